The largest absolute Gasteiger partial charge is 0.471 e. The fraction of sp³-hybridized carbons (Fsp3) is 0.0385. The number of nitrogens with zero attached hydrogens (tertiary/aromatic N) is 3. The van der Waals surface area contributed by atoms with E-state index in [-0.39, 0.29) is 12.0 Å². The van der Waals surface area contributed by atoms with Crippen molar-refractivity contribution in [3.8, 4) is 11.6 Å². The van der Waals surface area contributed by atoms with Gasteiger partial charge in [0.25, 0.3) is 0 Å². The van der Waals surface area contributed by atoms with Gasteiger partial charge >= 0.3 is 0 Å². The van der Waals surface area contributed by atoms with Gasteiger partial charge in [-0.2, -0.15) is 0 Å². The number of aromatic nitrogens is 3. The van der Waals surface area contributed by atoms with E-state index in [2.05, 4.69) is 15.3 Å². The van der Waals surface area contributed by atoms with Crippen molar-refractivity contribution < 1.29 is 4.74 Å². The molecule has 0 fully saturated rings. The maximum atomic E-state index is 12.9. The minimum absolute atomic E-state index is 0.102. The number of fused-ring (bicyclic) bond motifs is 1. The summed E-state index contributed by atoms with van der Waals surface area (Å²) in [5, 5.41) is 3.92. The van der Waals surface area contributed by atoms with Gasteiger partial charge in [-0.1, -0.05) is 42.5 Å². The highest BCUT2D eigenvalue weighted by atomic mass is 16.5. The molecule has 0 saturated carbocycles. The van der Waals surface area contributed by atoms with Crippen molar-refractivity contribution in [2.45, 2.75) is 6.61 Å². The molecule has 0 saturated heterocycles. The molecule has 3 heterocycles. The molecule has 6 nitrogen and oxygen atoms in total. The van der Waals surface area contributed by atoms with Gasteiger partial charge in [0.15, 0.2) is 5.43 Å². The SMILES string of the molecule is O=c1cc(Nc2ccccc2)n(-c2ccccc2)c2cc(COc3ccccn3)ncc12. The first-order valence-corrected chi connectivity index (χ1v) is 10.2. The first-order valence-electron chi connectivity index (χ1n) is 10.2. The zero-order chi connectivity index (χ0) is 21.8. The van der Waals surface area contributed by atoms with Gasteiger partial charge in [-0.05, 0) is 36.4 Å². The number of hydrogen-bond donors (Lipinski definition) is 1. The number of rotatable bonds is 6. The van der Waals surface area contributed by atoms with Crippen LogP contribution in [0.3, 0.4) is 0 Å². The Morgan fingerprint density at radius 2 is 1.59 bits per heavy atom. The van der Waals surface area contributed by atoms with Gasteiger partial charge in [0.2, 0.25) is 5.88 Å². The summed E-state index contributed by atoms with van der Waals surface area (Å²) in [6, 6.07) is 28.7. The number of ether oxygens (including phenoxy) is 1. The third-order valence-corrected chi connectivity index (χ3v) is 5.02. The number of para-hydroxylation sites is 2. The molecule has 0 bridgehead atoms. The second-order valence-corrected chi connectivity index (χ2v) is 7.21. The summed E-state index contributed by atoms with van der Waals surface area (Å²) in [7, 11) is 0. The van der Waals surface area contributed by atoms with E-state index in [1.165, 1.54) is 0 Å². The highest BCUT2D eigenvalue weighted by molar-refractivity contribution is 5.83. The third kappa shape index (κ3) is 4.06. The van der Waals surface area contributed by atoms with Crippen molar-refractivity contribution in [3.05, 3.63) is 119 Å². The summed E-state index contributed by atoms with van der Waals surface area (Å²) in [5.74, 6) is 1.19. The van der Waals surface area contributed by atoms with Crippen LogP contribution < -0.4 is 15.5 Å². The molecule has 0 aliphatic carbocycles. The van der Waals surface area contributed by atoms with Gasteiger partial charge in [0.1, 0.15) is 12.4 Å². The van der Waals surface area contributed by atoms with Crippen molar-refractivity contribution in [2.75, 3.05) is 5.32 Å². The molecular formula is C26H20N4O2. The normalized spacial score (nSPS) is 10.8. The van der Waals surface area contributed by atoms with Gasteiger partial charge in [-0.3, -0.25) is 14.3 Å². The molecular weight excluding hydrogens is 400 g/mol. The summed E-state index contributed by atoms with van der Waals surface area (Å²) in [6.45, 7) is 0.242. The molecule has 0 aliphatic heterocycles. The Labute approximate surface area is 184 Å². The number of anilines is 2. The molecule has 0 spiro atoms. The first kappa shape index (κ1) is 19.5. The number of pyridine rings is 3. The molecule has 0 radical (unpaired) electrons. The van der Waals surface area contributed by atoms with Gasteiger partial charge < -0.3 is 10.1 Å². The predicted molar refractivity (Wildman–Crippen MR) is 126 cm³/mol. The van der Waals surface area contributed by atoms with Gasteiger partial charge in [0.05, 0.1) is 16.6 Å². The highest BCUT2D eigenvalue weighted by Crippen LogP contribution is 2.25. The quantitative estimate of drug-likeness (QED) is 0.414. The second-order valence-electron chi connectivity index (χ2n) is 7.21. The molecule has 5 aromatic rings. The Morgan fingerprint density at radius 3 is 2.34 bits per heavy atom. The van der Waals surface area contributed by atoms with E-state index < -0.39 is 0 Å². The minimum atomic E-state index is -0.102. The van der Waals surface area contributed by atoms with Crippen LogP contribution in [0.5, 0.6) is 5.88 Å². The van der Waals surface area contributed by atoms with E-state index in [4.69, 9.17) is 4.74 Å². The van der Waals surface area contributed by atoms with Crippen LogP contribution in [0, 0.1) is 0 Å². The molecule has 0 aliphatic rings. The van der Waals surface area contributed by atoms with Crippen molar-refractivity contribution in [3.63, 3.8) is 0 Å². The van der Waals surface area contributed by atoms with Crippen molar-refractivity contribution >= 4 is 22.4 Å². The van der Waals surface area contributed by atoms with Crippen LogP contribution >= 0.6 is 0 Å². The molecule has 0 unspecified atom stereocenters. The average Bonchev–Trinajstić information content (AvgIpc) is 2.85. The number of hydrogen-bond acceptors (Lipinski definition) is 5. The van der Waals surface area contributed by atoms with Crippen LogP contribution in [-0.4, -0.2) is 14.5 Å². The van der Waals surface area contributed by atoms with E-state index in [1.807, 2.05) is 83.4 Å². The van der Waals surface area contributed by atoms with Crippen LogP contribution in [0.25, 0.3) is 16.6 Å². The highest BCUT2D eigenvalue weighted by Gasteiger charge is 2.13. The first-order chi connectivity index (χ1) is 15.8. The number of benzene rings is 2. The molecule has 1 N–H and O–H groups in total. The van der Waals surface area contributed by atoms with Crippen molar-refractivity contribution in [2.24, 2.45) is 0 Å². The molecule has 3 aromatic heterocycles. The molecule has 6 heteroatoms. The molecule has 0 atom stereocenters. The molecule has 2 aromatic carbocycles. The Balaban J connectivity index is 1.63. The Kier molecular flexibility index (Phi) is 5.32. The van der Waals surface area contributed by atoms with Gasteiger partial charge in [0, 0.05) is 35.9 Å². The standard InChI is InChI=1S/C26H20N4O2/c31-24-16-25(29-19-9-3-1-4-10-19)30(21-11-5-2-6-12-21)23-15-20(28-17-22(23)24)18-32-26-13-7-8-14-27-26/h1-17,29H,18H2. The van der Waals surface area contributed by atoms with E-state index >= 15 is 0 Å². The molecule has 156 valence electrons. The second kappa shape index (κ2) is 8.73. The zero-order valence-electron chi connectivity index (χ0n) is 17.2. The zero-order valence-corrected chi connectivity index (χ0v) is 17.2. The van der Waals surface area contributed by atoms with Crippen LogP contribution in [-0.2, 0) is 6.61 Å². The lowest BCUT2D eigenvalue weighted by Crippen LogP contribution is -2.13. The molecule has 5 rings (SSSR count). The molecule has 32 heavy (non-hydrogen) atoms. The topological polar surface area (TPSA) is 69.0 Å². The Bertz CT molecular complexity index is 1400. The summed E-state index contributed by atoms with van der Waals surface area (Å²) in [5.41, 5.74) is 3.17. The summed E-state index contributed by atoms with van der Waals surface area (Å²) in [4.78, 5) is 21.6. The third-order valence-electron chi connectivity index (χ3n) is 5.02. The predicted octanol–water partition coefficient (Wildman–Crippen LogP) is 5.10. The van der Waals surface area contributed by atoms with Crippen LogP contribution in [0.4, 0.5) is 11.5 Å². The summed E-state index contributed by atoms with van der Waals surface area (Å²) in [6.07, 6.45) is 3.29. The Hall–Kier alpha value is -4.45. The van der Waals surface area contributed by atoms with Crippen LogP contribution in [0.2, 0.25) is 0 Å². The van der Waals surface area contributed by atoms with Crippen molar-refractivity contribution in [1.29, 1.82) is 0 Å². The maximum Gasteiger partial charge on any atom is 0.213 e. The van der Waals surface area contributed by atoms with Crippen LogP contribution in [0.15, 0.2) is 108 Å². The van der Waals surface area contributed by atoms with E-state index in [1.54, 1.807) is 24.5 Å². The summed E-state index contributed by atoms with van der Waals surface area (Å²) < 4.78 is 7.79. The lowest BCUT2D eigenvalue weighted by atomic mass is 10.2. The minimum Gasteiger partial charge on any atom is -0.471 e. The van der Waals surface area contributed by atoms with Gasteiger partial charge in [-0.15, -0.1) is 0 Å². The fourth-order valence-electron chi connectivity index (χ4n) is 3.53. The molecule has 0 amide bonds. The summed E-state index contributed by atoms with van der Waals surface area (Å²) >= 11 is 0. The maximum absolute atomic E-state index is 12.9. The van der Waals surface area contributed by atoms with E-state index in [0.29, 0.717) is 22.8 Å². The Morgan fingerprint density at radius 1 is 0.844 bits per heavy atom. The van der Waals surface area contributed by atoms with Crippen molar-refractivity contribution in [1.82, 2.24) is 14.5 Å². The fourth-order valence-corrected chi connectivity index (χ4v) is 3.53. The van der Waals surface area contributed by atoms with E-state index in [0.717, 1.165) is 16.9 Å². The monoisotopic (exact) mass is 420 g/mol. The van der Waals surface area contributed by atoms with Gasteiger partial charge in [-0.25, -0.2) is 4.98 Å². The number of nitrogens with one attached hydrogen (secondary N) is 1. The lowest BCUT2D eigenvalue weighted by molar-refractivity contribution is 0.289. The lowest BCUT2D eigenvalue weighted by Gasteiger charge is -2.19. The van der Waals surface area contributed by atoms with Crippen LogP contribution in [0.1, 0.15) is 5.69 Å². The smallest absolute Gasteiger partial charge is 0.213 e. The average molecular weight is 420 g/mol. The van der Waals surface area contributed by atoms with E-state index in [9.17, 15) is 4.79 Å².